The summed E-state index contributed by atoms with van der Waals surface area (Å²) >= 11 is 0. The molecule has 0 saturated carbocycles. The highest BCUT2D eigenvalue weighted by Crippen LogP contribution is 2.10. The quantitative estimate of drug-likeness (QED) is 0.776. The van der Waals surface area contributed by atoms with E-state index in [0.29, 0.717) is 5.69 Å². The van der Waals surface area contributed by atoms with Gasteiger partial charge in [-0.3, -0.25) is 0 Å². The lowest BCUT2D eigenvalue weighted by molar-refractivity contribution is 0.158. The van der Waals surface area contributed by atoms with Crippen LogP contribution in [0, 0.1) is 0 Å². The molecular formula is C11H17N3O4S. The molecule has 0 saturated heterocycles. The van der Waals surface area contributed by atoms with Crippen molar-refractivity contribution < 1.29 is 17.9 Å². The van der Waals surface area contributed by atoms with Crippen molar-refractivity contribution in [1.82, 2.24) is 9.03 Å². The second-order valence-corrected chi connectivity index (χ2v) is 5.61. The van der Waals surface area contributed by atoms with Gasteiger partial charge >= 0.3 is 16.3 Å². The predicted molar refractivity (Wildman–Crippen MR) is 71.4 cm³/mol. The van der Waals surface area contributed by atoms with E-state index in [9.17, 15) is 13.2 Å². The van der Waals surface area contributed by atoms with Crippen LogP contribution in [0.25, 0.3) is 0 Å². The van der Waals surface area contributed by atoms with Crippen LogP contribution in [-0.4, -0.2) is 32.5 Å². The zero-order chi connectivity index (χ0) is 14.5. The number of amides is 1. The first kappa shape index (κ1) is 15.3. The Kier molecular flexibility index (Phi) is 5.13. The summed E-state index contributed by atoms with van der Waals surface area (Å²) in [5.74, 6) is 0. The van der Waals surface area contributed by atoms with Crippen molar-refractivity contribution in [2.45, 2.75) is 13.5 Å². The maximum absolute atomic E-state index is 11.8. The van der Waals surface area contributed by atoms with Crippen molar-refractivity contribution in [3.63, 3.8) is 0 Å². The number of benzene rings is 1. The molecule has 3 N–H and O–H groups in total. The lowest BCUT2D eigenvalue weighted by atomic mass is 10.2. The second-order valence-electron chi connectivity index (χ2n) is 3.83. The van der Waals surface area contributed by atoms with E-state index in [4.69, 9.17) is 5.73 Å². The fraction of sp³-hybridized carbons (Fsp3) is 0.364. The Labute approximate surface area is 112 Å². The molecule has 1 rings (SSSR count). The summed E-state index contributed by atoms with van der Waals surface area (Å²) in [7, 11) is -2.57. The van der Waals surface area contributed by atoms with E-state index >= 15 is 0 Å². The molecule has 1 aromatic rings. The Bertz CT molecular complexity index is 545. The van der Waals surface area contributed by atoms with Gasteiger partial charge in [-0.05, 0) is 24.6 Å². The third kappa shape index (κ3) is 4.76. The highest BCUT2D eigenvalue weighted by Gasteiger charge is 2.21. The smallest absolute Gasteiger partial charge is 0.421 e. The topological polar surface area (TPSA) is 102 Å². The third-order valence-electron chi connectivity index (χ3n) is 2.25. The van der Waals surface area contributed by atoms with Crippen LogP contribution in [-0.2, 0) is 21.5 Å². The first-order valence-corrected chi connectivity index (χ1v) is 7.04. The molecule has 19 heavy (non-hydrogen) atoms. The van der Waals surface area contributed by atoms with Gasteiger partial charge < -0.3 is 10.5 Å². The van der Waals surface area contributed by atoms with E-state index in [0.717, 1.165) is 9.87 Å². The van der Waals surface area contributed by atoms with Gasteiger partial charge in [0.2, 0.25) is 0 Å². The summed E-state index contributed by atoms with van der Waals surface area (Å²) in [5, 5.41) is 0. The molecule has 1 amide bonds. The summed E-state index contributed by atoms with van der Waals surface area (Å²) in [5.41, 5.74) is 6.87. The summed E-state index contributed by atoms with van der Waals surface area (Å²) in [6, 6.07) is 6.84. The third-order valence-corrected chi connectivity index (χ3v) is 3.63. The van der Waals surface area contributed by atoms with E-state index in [1.54, 1.807) is 35.9 Å². The molecular weight excluding hydrogens is 270 g/mol. The molecule has 0 heterocycles. The number of rotatable bonds is 5. The zero-order valence-corrected chi connectivity index (χ0v) is 11.6. The van der Waals surface area contributed by atoms with E-state index in [1.807, 2.05) is 0 Å². The number of carbonyl (C=O) groups is 1. The van der Waals surface area contributed by atoms with Crippen molar-refractivity contribution >= 4 is 22.0 Å². The number of nitrogens with zero attached hydrogens (tertiary/aromatic N) is 1. The fourth-order valence-electron chi connectivity index (χ4n) is 1.38. The zero-order valence-electron chi connectivity index (χ0n) is 10.8. The summed E-state index contributed by atoms with van der Waals surface area (Å²) < 4.78 is 30.9. The van der Waals surface area contributed by atoms with Crippen molar-refractivity contribution in [3.8, 4) is 0 Å². The van der Waals surface area contributed by atoms with Gasteiger partial charge in [0, 0.05) is 19.3 Å². The maximum atomic E-state index is 11.8. The van der Waals surface area contributed by atoms with Crippen LogP contribution in [0.3, 0.4) is 0 Å². The van der Waals surface area contributed by atoms with E-state index in [-0.39, 0.29) is 13.2 Å². The first-order chi connectivity index (χ1) is 8.85. The number of ether oxygens (including phenoxy) is 1. The lowest BCUT2D eigenvalue weighted by Crippen LogP contribution is -2.41. The first-order valence-electron chi connectivity index (χ1n) is 5.60. The van der Waals surface area contributed by atoms with Gasteiger partial charge in [-0.15, -0.1) is 0 Å². The monoisotopic (exact) mass is 287 g/mol. The summed E-state index contributed by atoms with van der Waals surface area (Å²) in [4.78, 5) is 11.1. The minimum absolute atomic E-state index is 0.0970. The van der Waals surface area contributed by atoms with Crippen LogP contribution >= 0.6 is 0 Å². The largest absolute Gasteiger partial charge is 0.449 e. The van der Waals surface area contributed by atoms with Crippen LogP contribution in [0.1, 0.15) is 12.5 Å². The average Bonchev–Trinajstić information content (AvgIpc) is 2.28. The minimum Gasteiger partial charge on any atom is -0.449 e. The van der Waals surface area contributed by atoms with Gasteiger partial charge in [-0.2, -0.15) is 12.7 Å². The number of nitrogens with one attached hydrogen (secondary N) is 1. The highest BCUT2D eigenvalue weighted by atomic mass is 32.2. The molecule has 8 heteroatoms. The predicted octanol–water partition coefficient (Wildman–Crippen LogP) is 0.691. The molecule has 7 nitrogen and oxygen atoms in total. The minimum atomic E-state index is -3.92. The molecule has 106 valence electrons. The Hall–Kier alpha value is -1.80. The van der Waals surface area contributed by atoms with Gasteiger partial charge in [-0.1, -0.05) is 12.1 Å². The number of nitrogen functional groups attached to an aromatic ring is 1. The Morgan fingerprint density at radius 2 is 2.16 bits per heavy atom. The highest BCUT2D eigenvalue weighted by molar-refractivity contribution is 7.87. The fourth-order valence-corrected chi connectivity index (χ4v) is 2.12. The van der Waals surface area contributed by atoms with Crippen molar-refractivity contribution in [2.75, 3.05) is 19.4 Å². The Morgan fingerprint density at radius 3 is 2.74 bits per heavy atom. The van der Waals surface area contributed by atoms with Gasteiger partial charge in [0.25, 0.3) is 0 Å². The molecule has 0 unspecified atom stereocenters. The van der Waals surface area contributed by atoms with Crippen LogP contribution in [0.2, 0.25) is 0 Å². The van der Waals surface area contributed by atoms with Crippen molar-refractivity contribution in [3.05, 3.63) is 29.8 Å². The van der Waals surface area contributed by atoms with Gasteiger partial charge in [0.1, 0.15) is 0 Å². The Balaban J connectivity index is 2.71. The Morgan fingerprint density at radius 1 is 1.47 bits per heavy atom. The molecule has 0 fully saturated rings. The standard InChI is InChI=1S/C11H17N3O4S/c1-3-18-11(15)13-19(16,17)14(2)8-9-5-4-6-10(12)7-9/h4-7H,3,8,12H2,1-2H3,(H,13,15). The number of hydrogen-bond donors (Lipinski definition) is 2. The van der Waals surface area contributed by atoms with Crippen LogP contribution in [0.15, 0.2) is 24.3 Å². The van der Waals surface area contributed by atoms with Crippen LogP contribution in [0.4, 0.5) is 10.5 Å². The van der Waals surface area contributed by atoms with E-state index in [2.05, 4.69) is 4.74 Å². The van der Waals surface area contributed by atoms with E-state index < -0.39 is 16.3 Å². The normalized spacial score (nSPS) is 11.3. The van der Waals surface area contributed by atoms with Crippen molar-refractivity contribution in [2.24, 2.45) is 0 Å². The molecule has 0 atom stereocenters. The van der Waals surface area contributed by atoms with Crippen LogP contribution < -0.4 is 10.5 Å². The lowest BCUT2D eigenvalue weighted by Gasteiger charge is -2.17. The van der Waals surface area contributed by atoms with Crippen LogP contribution in [0.5, 0.6) is 0 Å². The number of nitrogens with two attached hydrogens (primary N) is 1. The van der Waals surface area contributed by atoms with Gasteiger partial charge in [-0.25, -0.2) is 9.52 Å². The van der Waals surface area contributed by atoms with Gasteiger partial charge in [0.15, 0.2) is 0 Å². The molecule has 1 aromatic carbocycles. The molecule has 0 aliphatic rings. The molecule has 0 bridgehead atoms. The average molecular weight is 287 g/mol. The summed E-state index contributed by atoms with van der Waals surface area (Å²) in [6.07, 6.45) is -0.998. The molecule has 0 aromatic heterocycles. The molecule has 0 aliphatic heterocycles. The molecule has 0 aliphatic carbocycles. The van der Waals surface area contributed by atoms with Crippen molar-refractivity contribution in [1.29, 1.82) is 0 Å². The SMILES string of the molecule is CCOC(=O)NS(=O)(=O)N(C)Cc1cccc(N)c1. The molecule has 0 radical (unpaired) electrons. The number of hydrogen-bond acceptors (Lipinski definition) is 5. The summed E-state index contributed by atoms with van der Waals surface area (Å²) in [6.45, 7) is 1.78. The number of carbonyl (C=O) groups excluding carboxylic acids is 1. The van der Waals surface area contributed by atoms with Gasteiger partial charge in [0.05, 0.1) is 6.61 Å². The van der Waals surface area contributed by atoms with E-state index in [1.165, 1.54) is 7.05 Å². The number of anilines is 1. The maximum Gasteiger partial charge on any atom is 0.421 e. The second kappa shape index (κ2) is 6.39. The molecule has 0 spiro atoms.